The van der Waals surface area contributed by atoms with E-state index in [0.717, 1.165) is 19.3 Å². The molecule has 0 aliphatic heterocycles. The molecule has 2 N–H and O–H groups in total. The van der Waals surface area contributed by atoms with Crippen molar-refractivity contribution in [1.29, 1.82) is 0 Å². The normalized spacial score (nSPS) is 20.1. The molecule has 1 rings (SSSR count). The zero-order chi connectivity index (χ0) is 12.0. The number of sulfone groups is 1. The highest BCUT2D eigenvalue weighted by molar-refractivity contribution is 7.91. The van der Waals surface area contributed by atoms with Crippen molar-refractivity contribution in [2.24, 2.45) is 11.7 Å². The summed E-state index contributed by atoms with van der Waals surface area (Å²) in [4.78, 5) is 0. The molecule has 1 atom stereocenters. The topological polar surface area (TPSA) is 60.2 Å². The molecule has 0 bridgehead atoms. The van der Waals surface area contributed by atoms with Gasteiger partial charge in [0.05, 0.1) is 5.75 Å². The molecule has 1 aliphatic rings. The molecular weight excluding hydrogens is 222 g/mol. The van der Waals surface area contributed by atoms with Crippen LogP contribution >= 0.6 is 0 Å². The molecule has 1 fully saturated rings. The van der Waals surface area contributed by atoms with Crippen molar-refractivity contribution in [2.75, 3.05) is 11.5 Å². The first-order valence-corrected chi connectivity index (χ1v) is 8.33. The molecular formula is C12H25NO2S. The second kappa shape index (κ2) is 6.60. The van der Waals surface area contributed by atoms with Gasteiger partial charge >= 0.3 is 0 Å². The number of rotatable bonds is 7. The van der Waals surface area contributed by atoms with Crippen LogP contribution in [0.15, 0.2) is 0 Å². The minimum Gasteiger partial charge on any atom is -0.327 e. The van der Waals surface area contributed by atoms with Gasteiger partial charge in [-0.05, 0) is 31.6 Å². The van der Waals surface area contributed by atoms with Crippen LogP contribution in [-0.4, -0.2) is 26.0 Å². The summed E-state index contributed by atoms with van der Waals surface area (Å²) in [5.74, 6) is 1.30. The van der Waals surface area contributed by atoms with Crippen LogP contribution in [0.2, 0.25) is 0 Å². The molecule has 0 radical (unpaired) electrons. The zero-order valence-corrected chi connectivity index (χ0v) is 11.1. The van der Waals surface area contributed by atoms with E-state index in [2.05, 4.69) is 0 Å². The Hall–Kier alpha value is -0.0900. The Morgan fingerprint density at radius 1 is 1.25 bits per heavy atom. The summed E-state index contributed by atoms with van der Waals surface area (Å²) >= 11 is 0. The Morgan fingerprint density at radius 2 is 1.88 bits per heavy atom. The molecule has 1 saturated carbocycles. The van der Waals surface area contributed by atoms with Gasteiger partial charge in [-0.2, -0.15) is 0 Å². The molecule has 3 nitrogen and oxygen atoms in total. The van der Waals surface area contributed by atoms with Crippen molar-refractivity contribution in [3.8, 4) is 0 Å². The summed E-state index contributed by atoms with van der Waals surface area (Å²) in [6.45, 7) is 1.71. The third kappa shape index (κ3) is 4.83. The third-order valence-corrected chi connectivity index (χ3v) is 5.48. The highest BCUT2D eigenvalue weighted by Gasteiger charge is 2.21. The maximum absolute atomic E-state index is 11.3. The van der Waals surface area contributed by atoms with Crippen molar-refractivity contribution < 1.29 is 8.42 Å². The molecule has 1 aliphatic carbocycles. The summed E-state index contributed by atoms with van der Waals surface area (Å²) in [7, 11) is -2.78. The van der Waals surface area contributed by atoms with Gasteiger partial charge in [0.1, 0.15) is 9.84 Å². The van der Waals surface area contributed by atoms with Crippen LogP contribution in [0.4, 0.5) is 0 Å². The summed E-state index contributed by atoms with van der Waals surface area (Å²) in [5, 5.41) is 0. The molecule has 0 aromatic carbocycles. The lowest BCUT2D eigenvalue weighted by atomic mass is 9.95. The lowest BCUT2D eigenvalue weighted by Gasteiger charge is -2.18. The van der Waals surface area contributed by atoms with Crippen LogP contribution in [0.5, 0.6) is 0 Å². The van der Waals surface area contributed by atoms with E-state index in [1.807, 2.05) is 0 Å². The third-order valence-electron chi connectivity index (χ3n) is 3.69. The molecule has 0 amide bonds. The fourth-order valence-electron chi connectivity index (χ4n) is 2.47. The highest BCUT2D eigenvalue weighted by atomic mass is 32.2. The predicted molar refractivity (Wildman–Crippen MR) is 68.1 cm³/mol. The van der Waals surface area contributed by atoms with Crippen molar-refractivity contribution in [3.05, 3.63) is 0 Å². The van der Waals surface area contributed by atoms with E-state index >= 15 is 0 Å². The standard InChI is InChI=1S/C12H25NO2S/c1-2-16(14,15)10-6-5-9-12(13)11-7-3-4-8-11/h11-12H,2-10,13H2,1H3. The Morgan fingerprint density at radius 3 is 2.44 bits per heavy atom. The van der Waals surface area contributed by atoms with Crippen LogP contribution in [0, 0.1) is 5.92 Å². The number of hydrogen-bond acceptors (Lipinski definition) is 3. The predicted octanol–water partition coefficient (Wildman–Crippen LogP) is 2.11. The fourth-order valence-corrected chi connectivity index (χ4v) is 3.40. The molecule has 0 heterocycles. The van der Waals surface area contributed by atoms with E-state index < -0.39 is 9.84 Å². The van der Waals surface area contributed by atoms with Crippen molar-refractivity contribution in [3.63, 3.8) is 0 Å². The largest absolute Gasteiger partial charge is 0.327 e. The van der Waals surface area contributed by atoms with E-state index in [-0.39, 0.29) is 5.75 Å². The Bertz CT molecular complexity index is 281. The fraction of sp³-hybridized carbons (Fsp3) is 1.00. The van der Waals surface area contributed by atoms with Crippen LogP contribution in [-0.2, 0) is 9.84 Å². The lowest BCUT2D eigenvalue weighted by Crippen LogP contribution is -2.28. The minimum atomic E-state index is -2.78. The van der Waals surface area contributed by atoms with Gasteiger partial charge in [-0.25, -0.2) is 8.42 Å². The second-order valence-corrected chi connectivity index (χ2v) is 7.41. The summed E-state index contributed by atoms with van der Waals surface area (Å²) in [5.41, 5.74) is 6.11. The van der Waals surface area contributed by atoms with Crippen LogP contribution < -0.4 is 5.73 Å². The first kappa shape index (κ1) is 14.0. The Kier molecular flexibility index (Phi) is 5.76. The van der Waals surface area contributed by atoms with Gasteiger partial charge in [-0.3, -0.25) is 0 Å². The zero-order valence-electron chi connectivity index (χ0n) is 10.3. The molecule has 4 heteroatoms. The average molecular weight is 247 g/mol. The quantitative estimate of drug-likeness (QED) is 0.701. The number of hydrogen-bond donors (Lipinski definition) is 1. The SMILES string of the molecule is CCS(=O)(=O)CCCCC(N)C1CCCC1. The average Bonchev–Trinajstić information content (AvgIpc) is 2.77. The minimum absolute atomic E-state index is 0.266. The maximum Gasteiger partial charge on any atom is 0.150 e. The molecule has 0 spiro atoms. The van der Waals surface area contributed by atoms with Gasteiger partial charge in [0.15, 0.2) is 0 Å². The summed E-state index contributed by atoms with van der Waals surface area (Å²) in [6, 6.07) is 0.298. The molecule has 16 heavy (non-hydrogen) atoms. The molecule has 1 unspecified atom stereocenters. The Balaban J connectivity index is 2.11. The van der Waals surface area contributed by atoms with Crippen molar-refractivity contribution in [2.45, 2.75) is 57.9 Å². The monoisotopic (exact) mass is 247 g/mol. The highest BCUT2D eigenvalue weighted by Crippen LogP contribution is 2.28. The number of unbranched alkanes of at least 4 members (excludes halogenated alkanes) is 1. The molecule has 0 aromatic heterocycles. The molecule has 96 valence electrons. The van der Waals surface area contributed by atoms with Crippen LogP contribution in [0.3, 0.4) is 0 Å². The van der Waals surface area contributed by atoms with E-state index in [1.165, 1.54) is 25.7 Å². The van der Waals surface area contributed by atoms with Gasteiger partial charge in [-0.1, -0.05) is 26.2 Å². The smallest absolute Gasteiger partial charge is 0.150 e. The maximum atomic E-state index is 11.3. The van der Waals surface area contributed by atoms with E-state index in [9.17, 15) is 8.42 Å². The van der Waals surface area contributed by atoms with Crippen molar-refractivity contribution >= 4 is 9.84 Å². The Labute approximate surface area is 99.7 Å². The van der Waals surface area contributed by atoms with Gasteiger partial charge in [-0.15, -0.1) is 0 Å². The molecule has 0 saturated heterocycles. The van der Waals surface area contributed by atoms with Gasteiger partial charge < -0.3 is 5.73 Å². The van der Waals surface area contributed by atoms with Crippen molar-refractivity contribution in [1.82, 2.24) is 0 Å². The van der Waals surface area contributed by atoms with Crippen LogP contribution in [0.1, 0.15) is 51.9 Å². The first-order valence-electron chi connectivity index (χ1n) is 6.51. The van der Waals surface area contributed by atoms with Gasteiger partial charge in [0.2, 0.25) is 0 Å². The van der Waals surface area contributed by atoms with Crippen LogP contribution in [0.25, 0.3) is 0 Å². The first-order chi connectivity index (χ1) is 7.55. The summed E-state index contributed by atoms with van der Waals surface area (Å²) in [6.07, 6.45) is 7.91. The summed E-state index contributed by atoms with van der Waals surface area (Å²) < 4.78 is 22.5. The molecule has 0 aromatic rings. The van der Waals surface area contributed by atoms with E-state index in [1.54, 1.807) is 6.92 Å². The van der Waals surface area contributed by atoms with Gasteiger partial charge in [0.25, 0.3) is 0 Å². The number of nitrogens with two attached hydrogens (primary N) is 1. The lowest BCUT2D eigenvalue weighted by molar-refractivity contribution is 0.400. The second-order valence-electron chi connectivity index (χ2n) is 4.94. The van der Waals surface area contributed by atoms with E-state index in [4.69, 9.17) is 5.73 Å². The van der Waals surface area contributed by atoms with E-state index in [0.29, 0.717) is 17.7 Å². The van der Waals surface area contributed by atoms with Gasteiger partial charge in [0, 0.05) is 11.8 Å².